The van der Waals surface area contributed by atoms with Gasteiger partial charge in [-0.3, -0.25) is 4.57 Å². The topological polar surface area (TPSA) is 17.8 Å². The van der Waals surface area contributed by atoms with Gasteiger partial charge < -0.3 is 0 Å². The third kappa shape index (κ3) is 4.00. The summed E-state index contributed by atoms with van der Waals surface area (Å²) in [6.45, 7) is 0. The van der Waals surface area contributed by atoms with Crippen LogP contribution in [0.25, 0.3) is 82.7 Å². The van der Waals surface area contributed by atoms with Gasteiger partial charge in [0.05, 0.1) is 37.3 Å². The van der Waals surface area contributed by atoms with Crippen LogP contribution in [0.15, 0.2) is 169 Å². The standard InChI is InChI=1S/C43H28N2/c1-2-16-30(17-3-1)43-44-38-26-11-13-28-40(38)45(43)39-27-12-10-24-37(39)42-35-22-8-6-20-33(35)41(34-21-7-9-23-36(34)42)32-25-14-18-29-15-4-5-19-31(29)32/h1-28H/i4D,5D,6D,7D,8D,9D,14D,15D,18D,19D,20D,21D,22D,23D,25D. The van der Waals surface area contributed by atoms with Gasteiger partial charge in [0.25, 0.3) is 0 Å². The van der Waals surface area contributed by atoms with E-state index in [4.69, 9.17) is 18.7 Å². The predicted octanol–water partition coefficient (Wildman–Crippen LogP) is 11.5. The van der Waals surface area contributed by atoms with Crippen molar-refractivity contribution in [2.75, 3.05) is 0 Å². The highest BCUT2D eigenvalue weighted by atomic mass is 15.1. The van der Waals surface area contributed by atoms with Crippen LogP contribution in [0.3, 0.4) is 0 Å². The Morgan fingerprint density at radius 3 is 1.76 bits per heavy atom. The molecule has 0 N–H and O–H groups in total. The second-order valence-corrected chi connectivity index (χ2v) is 10.4. The fourth-order valence-electron chi connectivity index (χ4n) is 6.08. The van der Waals surface area contributed by atoms with E-state index in [1.165, 1.54) is 0 Å². The molecule has 0 fully saturated rings. The van der Waals surface area contributed by atoms with Gasteiger partial charge in [0, 0.05) is 11.1 Å². The molecule has 0 aliphatic heterocycles. The molecule has 0 unspecified atom stereocenters. The van der Waals surface area contributed by atoms with Crippen LogP contribution in [-0.2, 0) is 0 Å². The predicted molar refractivity (Wildman–Crippen MR) is 190 cm³/mol. The Balaban J connectivity index is 1.61. The Labute approximate surface area is 282 Å². The Morgan fingerprint density at radius 2 is 1.02 bits per heavy atom. The van der Waals surface area contributed by atoms with Gasteiger partial charge in [-0.25, -0.2) is 4.98 Å². The van der Waals surface area contributed by atoms with Gasteiger partial charge in [-0.15, -0.1) is 0 Å². The van der Waals surface area contributed by atoms with E-state index in [2.05, 4.69) is 0 Å². The molecule has 0 aliphatic carbocycles. The maximum atomic E-state index is 9.52. The third-order valence-electron chi connectivity index (χ3n) is 7.94. The van der Waals surface area contributed by atoms with E-state index in [1.54, 1.807) is 24.3 Å². The zero-order valence-electron chi connectivity index (χ0n) is 38.4. The average molecular weight is 588 g/mol. The second-order valence-electron chi connectivity index (χ2n) is 10.4. The minimum absolute atomic E-state index is 0.00362. The Hall–Kier alpha value is -5.99. The lowest BCUT2D eigenvalue weighted by Crippen LogP contribution is -2.01. The Morgan fingerprint density at radius 1 is 0.467 bits per heavy atom. The molecule has 2 heteroatoms. The maximum absolute atomic E-state index is 9.52. The molecule has 0 radical (unpaired) electrons. The molecule has 1 aromatic heterocycles. The molecular formula is C43H28N2. The third-order valence-corrected chi connectivity index (χ3v) is 7.94. The largest absolute Gasteiger partial charge is 0.292 e. The summed E-state index contributed by atoms with van der Waals surface area (Å²) in [4.78, 5) is 4.97. The molecule has 2 nitrogen and oxygen atoms in total. The summed E-state index contributed by atoms with van der Waals surface area (Å²) in [6, 6.07) is 13.3. The monoisotopic (exact) mass is 587 g/mol. The van der Waals surface area contributed by atoms with Crippen molar-refractivity contribution >= 4 is 43.4 Å². The summed E-state index contributed by atoms with van der Waals surface area (Å²) in [7, 11) is 0. The number of fused-ring (bicyclic) bond motifs is 4. The zero-order chi connectivity index (χ0) is 42.8. The summed E-state index contributed by atoms with van der Waals surface area (Å²) in [5.41, 5.74) is 1.93. The molecule has 9 rings (SSSR count). The van der Waals surface area contributed by atoms with E-state index in [1.807, 2.05) is 59.2 Å². The Kier molecular flexibility index (Phi) is 3.36. The van der Waals surface area contributed by atoms with E-state index in [9.17, 15) is 6.85 Å². The molecule has 0 atom stereocenters. The Bertz CT molecular complexity index is 3290. The van der Waals surface area contributed by atoms with Gasteiger partial charge in [-0.1, -0.05) is 151 Å². The highest BCUT2D eigenvalue weighted by molar-refractivity contribution is 6.24. The number of hydrogen-bond acceptors (Lipinski definition) is 1. The lowest BCUT2D eigenvalue weighted by molar-refractivity contribution is 1.10. The van der Waals surface area contributed by atoms with Crippen LogP contribution < -0.4 is 0 Å². The lowest BCUT2D eigenvalue weighted by atomic mass is 9.84. The van der Waals surface area contributed by atoms with Crippen molar-refractivity contribution in [3.05, 3.63) is 169 Å². The summed E-state index contributed by atoms with van der Waals surface area (Å²) < 4.78 is 137. The second kappa shape index (κ2) is 10.3. The molecular weight excluding hydrogens is 544 g/mol. The van der Waals surface area contributed by atoms with E-state index in [0.29, 0.717) is 22.5 Å². The molecule has 0 saturated carbocycles. The molecule has 8 aromatic carbocycles. The smallest absolute Gasteiger partial charge is 0.145 e. The van der Waals surface area contributed by atoms with E-state index >= 15 is 0 Å². The molecule has 1 heterocycles. The first-order valence-electron chi connectivity index (χ1n) is 21.7. The van der Waals surface area contributed by atoms with Crippen molar-refractivity contribution in [2.24, 2.45) is 0 Å². The van der Waals surface area contributed by atoms with Gasteiger partial charge in [0.15, 0.2) is 0 Å². The van der Waals surface area contributed by atoms with Gasteiger partial charge in [0.1, 0.15) is 5.82 Å². The minimum atomic E-state index is -0.764. The molecule has 9 aromatic rings. The van der Waals surface area contributed by atoms with Crippen molar-refractivity contribution in [2.45, 2.75) is 0 Å². The SMILES string of the molecule is [2H]c1c([2H])c([2H])c2c(-c3c4c([2H])c([2H])c([2H])c([2H])c4c(-c4ccccc4-n4c(-c5ccccc5)nc5ccccc54)c4c([2H])c([2H])c([2H])c([2H])c34)c([2H])c([2H])c([2H])c2c1[2H]. The molecule has 45 heavy (non-hydrogen) atoms. The zero-order valence-corrected chi connectivity index (χ0v) is 23.4. The minimum Gasteiger partial charge on any atom is -0.292 e. The first kappa shape index (κ1) is 14.7. The molecule has 210 valence electrons. The number of nitrogens with zero attached hydrogens (tertiary/aromatic N) is 2. The first-order chi connectivity index (χ1) is 28.6. The van der Waals surface area contributed by atoms with Crippen molar-refractivity contribution < 1.29 is 20.6 Å². The number of hydrogen-bond donors (Lipinski definition) is 0. The summed E-state index contributed by atoms with van der Waals surface area (Å²) in [6.07, 6.45) is 0. The van der Waals surface area contributed by atoms with Gasteiger partial charge in [-0.2, -0.15) is 0 Å². The fourth-order valence-corrected chi connectivity index (χ4v) is 6.08. The summed E-state index contributed by atoms with van der Waals surface area (Å²) in [5, 5.41) is -1.90. The van der Waals surface area contributed by atoms with Crippen LogP contribution in [0.4, 0.5) is 0 Å². The lowest BCUT2D eigenvalue weighted by Gasteiger charge is -2.21. The quantitative estimate of drug-likeness (QED) is 0.187. The first-order valence-corrected chi connectivity index (χ1v) is 14.2. The molecule has 0 bridgehead atoms. The average Bonchev–Trinajstić information content (AvgIpc) is 3.65. The fraction of sp³-hybridized carbons (Fsp3) is 0. The van der Waals surface area contributed by atoms with Gasteiger partial charge in [-0.05, 0) is 67.2 Å². The van der Waals surface area contributed by atoms with Crippen molar-refractivity contribution in [1.82, 2.24) is 9.55 Å². The van der Waals surface area contributed by atoms with Crippen molar-refractivity contribution in [1.29, 1.82) is 0 Å². The van der Waals surface area contributed by atoms with Crippen LogP contribution in [0.2, 0.25) is 0 Å². The van der Waals surface area contributed by atoms with Crippen molar-refractivity contribution in [3.63, 3.8) is 0 Å². The summed E-state index contributed by atoms with van der Waals surface area (Å²) in [5.74, 6) is 0.510. The molecule has 0 aliphatic rings. The van der Waals surface area contributed by atoms with Crippen molar-refractivity contribution in [3.8, 4) is 39.3 Å². The van der Waals surface area contributed by atoms with E-state index in [-0.39, 0.29) is 38.2 Å². The van der Waals surface area contributed by atoms with Crippen LogP contribution in [0, 0.1) is 0 Å². The van der Waals surface area contributed by atoms with Crippen LogP contribution in [0.1, 0.15) is 20.6 Å². The van der Waals surface area contributed by atoms with Crippen LogP contribution >= 0.6 is 0 Å². The molecule has 0 saturated heterocycles. The van der Waals surface area contributed by atoms with Gasteiger partial charge in [0.2, 0.25) is 0 Å². The number of rotatable bonds is 4. The van der Waals surface area contributed by atoms with E-state index < -0.39 is 107 Å². The number of para-hydroxylation sites is 3. The highest BCUT2D eigenvalue weighted by Crippen LogP contribution is 2.47. The number of aromatic nitrogens is 2. The maximum Gasteiger partial charge on any atom is 0.145 e. The number of benzene rings is 8. The van der Waals surface area contributed by atoms with E-state index in [0.717, 1.165) is 5.56 Å². The molecule has 0 amide bonds. The summed E-state index contributed by atoms with van der Waals surface area (Å²) >= 11 is 0. The van der Waals surface area contributed by atoms with Gasteiger partial charge >= 0.3 is 0 Å². The molecule has 0 spiro atoms. The normalized spacial score (nSPS) is 16.2. The highest BCUT2D eigenvalue weighted by Gasteiger charge is 2.22. The van der Waals surface area contributed by atoms with Crippen LogP contribution in [0.5, 0.6) is 0 Å². The number of imidazole rings is 1. The van der Waals surface area contributed by atoms with Crippen LogP contribution in [-0.4, -0.2) is 9.55 Å².